The van der Waals surface area contributed by atoms with Crippen molar-refractivity contribution in [1.82, 2.24) is 9.97 Å². The van der Waals surface area contributed by atoms with Crippen molar-refractivity contribution in [2.24, 2.45) is 0 Å². The van der Waals surface area contributed by atoms with E-state index in [0.29, 0.717) is 5.95 Å². The van der Waals surface area contributed by atoms with E-state index in [1.165, 1.54) is 5.69 Å². The monoisotopic (exact) mass is 361 g/mol. The topological polar surface area (TPSA) is 44.3 Å². The molecule has 0 amide bonds. The van der Waals surface area contributed by atoms with Crippen LogP contribution in [0.3, 0.4) is 0 Å². The van der Waals surface area contributed by atoms with Gasteiger partial charge in [-0.1, -0.05) is 18.2 Å². The molecule has 0 aliphatic rings. The maximum Gasteiger partial charge on any atom is 0.231 e. The highest BCUT2D eigenvalue weighted by molar-refractivity contribution is 5.63. The van der Waals surface area contributed by atoms with Crippen LogP contribution in [-0.4, -0.2) is 29.6 Å². The molecule has 0 spiro atoms. The van der Waals surface area contributed by atoms with Crippen LogP contribution in [0.25, 0.3) is 0 Å². The van der Waals surface area contributed by atoms with Gasteiger partial charge in [0.05, 0.1) is 0 Å². The van der Waals surface area contributed by atoms with Crippen molar-refractivity contribution in [2.45, 2.75) is 20.8 Å². The predicted octanol–water partition coefficient (Wildman–Crippen LogP) is 5.22. The first kappa shape index (κ1) is 18.7. The van der Waals surface area contributed by atoms with Gasteiger partial charge in [-0.15, -0.1) is 0 Å². The lowest BCUT2D eigenvalue weighted by Crippen LogP contribution is -2.21. The Morgan fingerprint density at radius 1 is 0.778 bits per heavy atom. The molecule has 140 valence electrons. The summed E-state index contributed by atoms with van der Waals surface area (Å²) >= 11 is 0. The van der Waals surface area contributed by atoms with E-state index in [4.69, 9.17) is 4.98 Å². The molecular weight excluding hydrogens is 334 g/mol. The van der Waals surface area contributed by atoms with E-state index in [2.05, 4.69) is 77.3 Å². The van der Waals surface area contributed by atoms with Gasteiger partial charge < -0.3 is 15.1 Å². The largest absolute Gasteiger partial charge is 0.372 e. The van der Waals surface area contributed by atoms with Crippen LogP contribution in [0.15, 0.2) is 66.9 Å². The minimum Gasteiger partial charge on any atom is -0.372 e. The van der Waals surface area contributed by atoms with Crippen molar-refractivity contribution in [3.63, 3.8) is 0 Å². The van der Waals surface area contributed by atoms with Crippen LogP contribution < -0.4 is 15.1 Å². The minimum atomic E-state index is 0.688. The van der Waals surface area contributed by atoms with Gasteiger partial charge in [0.25, 0.3) is 0 Å². The summed E-state index contributed by atoms with van der Waals surface area (Å²) in [5.74, 6) is 1.47. The van der Waals surface area contributed by atoms with Gasteiger partial charge in [-0.3, -0.25) is 0 Å². The molecule has 5 nitrogen and oxygen atoms in total. The average Bonchev–Trinajstić information content (AvgIpc) is 2.72. The van der Waals surface area contributed by atoms with Gasteiger partial charge in [0.2, 0.25) is 5.95 Å². The second-order valence-electron chi connectivity index (χ2n) is 6.17. The summed E-state index contributed by atoms with van der Waals surface area (Å²) in [6, 6.07) is 20.5. The number of nitrogens with zero attached hydrogens (tertiary/aromatic N) is 4. The third kappa shape index (κ3) is 4.56. The van der Waals surface area contributed by atoms with Crippen LogP contribution >= 0.6 is 0 Å². The van der Waals surface area contributed by atoms with E-state index in [1.807, 2.05) is 24.3 Å². The molecule has 3 aromatic rings. The molecule has 3 rings (SSSR count). The van der Waals surface area contributed by atoms with Crippen LogP contribution in [0.2, 0.25) is 0 Å². The highest BCUT2D eigenvalue weighted by Crippen LogP contribution is 2.24. The molecule has 1 aromatic heterocycles. The zero-order chi connectivity index (χ0) is 19.1. The predicted molar refractivity (Wildman–Crippen MR) is 114 cm³/mol. The maximum atomic E-state index is 4.70. The second kappa shape index (κ2) is 9.03. The van der Waals surface area contributed by atoms with E-state index in [-0.39, 0.29) is 0 Å². The van der Waals surface area contributed by atoms with Crippen LogP contribution in [0.4, 0.5) is 28.8 Å². The summed E-state index contributed by atoms with van der Waals surface area (Å²) in [4.78, 5) is 13.6. The molecule has 0 bridgehead atoms. The molecule has 2 aromatic carbocycles. The van der Waals surface area contributed by atoms with Gasteiger partial charge in [0.15, 0.2) is 0 Å². The highest BCUT2D eigenvalue weighted by atomic mass is 15.3. The zero-order valence-electron chi connectivity index (χ0n) is 16.3. The van der Waals surface area contributed by atoms with Crippen molar-refractivity contribution in [3.05, 3.63) is 66.9 Å². The number of hydrogen-bond acceptors (Lipinski definition) is 5. The summed E-state index contributed by atoms with van der Waals surface area (Å²) in [7, 11) is 0. The van der Waals surface area contributed by atoms with E-state index in [0.717, 1.165) is 36.8 Å². The molecule has 0 aliphatic carbocycles. The standard InChI is InChI=1S/C22H27N5/c1-4-26(5-2)19-14-12-18(13-15-19)24-21-16-17-23-22(25-21)27(6-3)20-10-8-7-9-11-20/h7-17H,4-6H2,1-3H3,(H,23,24,25). The van der Waals surface area contributed by atoms with Gasteiger partial charge in [0.1, 0.15) is 5.82 Å². The molecule has 5 heteroatoms. The molecule has 0 aliphatic heterocycles. The van der Waals surface area contributed by atoms with Crippen LogP contribution in [-0.2, 0) is 0 Å². The summed E-state index contributed by atoms with van der Waals surface area (Å²) < 4.78 is 0. The van der Waals surface area contributed by atoms with Crippen LogP contribution in [0.1, 0.15) is 20.8 Å². The van der Waals surface area contributed by atoms with Crippen molar-refractivity contribution in [2.75, 3.05) is 34.8 Å². The summed E-state index contributed by atoms with van der Waals surface area (Å²) in [6.45, 7) is 9.25. The van der Waals surface area contributed by atoms with Crippen molar-refractivity contribution in [1.29, 1.82) is 0 Å². The fourth-order valence-electron chi connectivity index (χ4n) is 3.09. The summed E-state index contributed by atoms with van der Waals surface area (Å²) in [5, 5.41) is 3.38. The van der Waals surface area contributed by atoms with E-state index < -0.39 is 0 Å². The second-order valence-corrected chi connectivity index (χ2v) is 6.17. The van der Waals surface area contributed by atoms with Gasteiger partial charge in [-0.05, 0) is 63.2 Å². The van der Waals surface area contributed by atoms with E-state index in [1.54, 1.807) is 6.20 Å². The highest BCUT2D eigenvalue weighted by Gasteiger charge is 2.10. The Kier molecular flexibility index (Phi) is 6.26. The molecule has 0 unspecified atom stereocenters. The Bertz CT molecular complexity index is 829. The Morgan fingerprint density at radius 2 is 1.48 bits per heavy atom. The Morgan fingerprint density at radius 3 is 2.11 bits per heavy atom. The van der Waals surface area contributed by atoms with Gasteiger partial charge in [-0.25, -0.2) is 4.98 Å². The maximum absolute atomic E-state index is 4.70. The lowest BCUT2D eigenvalue weighted by molar-refractivity contribution is 0.866. The van der Waals surface area contributed by atoms with Crippen molar-refractivity contribution in [3.8, 4) is 0 Å². The molecule has 0 saturated heterocycles. The first-order valence-electron chi connectivity index (χ1n) is 9.52. The van der Waals surface area contributed by atoms with E-state index >= 15 is 0 Å². The molecule has 0 fully saturated rings. The lowest BCUT2D eigenvalue weighted by Gasteiger charge is -2.22. The molecule has 0 saturated carbocycles. The number of aromatic nitrogens is 2. The average molecular weight is 361 g/mol. The molecule has 27 heavy (non-hydrogen) atoms. The quantitative estimate of drug-likeness (QED) is 0.595. The van der Waals surface area contributed by atoms with Crippen molar-refractivity contribution >= 4 is 28.8 Å². The summed E-state index contributed by atoms with van der Waals surface area (Å²) in [6.07, 6.45) is 1.79. The third-order valence-corrected chi connectivity index (χ3v) is 4.54. The smallest absolute Gasteiger partial charge is 0.231 e. The van der Waals surface area contributed by atoms with Crippen LogP contribution in [0, 0.1) is 0 Å². The first-order chi connectivity index (χ1) is 13.2. The number of para-hydroxylation sites is 1. The number of nitrogens with one attached hydrogen (secondary N) is 1. The minimum absolute atomic E-state index is 0.688. The molecule has 1 N–H and O–H groups in total. The van der Waals surface area contributed by atoms with E-state index in [9.17, 15) is 0 Å². The first-order valence-corrected chi connectivity index (χ1v) is 9.52. The number of benzene rings is 2. The lowest BCUT2D eigenvalue weighted by atomic mass is 10.2. The fraction of sp³-hybridized carbons (Fsp3) is 0.273. The van der Waals surface area contributed by atoms with Gasteiger partial charge in [0, 0.05) is 42.9 Å². The number of anilines is 5. The van der Waals surface area contributed by atoms with Crippen LogP contribution in [0.5, 0.6) is 0 Å². The third-order valence-electron chi connectivity index (χ3n) is 4.54. The van der Waals surface area contributed by atoms with Crippen molar-refractivity contribution < 1.29 is 0 Å². The molecular formula is C22H27N5. The zero-order valence-corrected chi connectivity index (χ0v) is 16.3. The molecule has 1 heterocycles. The van der Waals surface area contributed by atoms with Gasteiger partial charge in [-0.2, -0.15) is 4.98 Å². The number of hydrogen-bond donors (Lipinski definition) is 1. The Balaban J connectivity index is 1.78. The Labute approximate surface area is 161 Å². The van der Waals surface area contributed by atoms with Gasteiger partial charge >= 0.3 is 0 Å². The molecule has 0 radical (unpaired) electrons. The summed E-state index contributed by atoms with van der Waals surface area (Å²) in [5.41, 5.74) is 3.33. The fourth-order valence-corrected chi connectivity index (χ4v) is 3.09. The Hall–Kier alpha value is -3.08. The molecule has 0 atom stereocenters. The SMILES string of the molecule is CCN(CC)c1ccc(Nc2ccnc(N(CC)c3ccccc3)n2)cc1. The normalized spacial score (nSPS) is 10.5. The number of rotatable bonds is 8.